The Labute approximate surface area is 115 Å². The van der Waals surface area contributed by atoms with Gasteiger partial charge < -0.3 is 0 Å². The van der Waals surface area contributed by atoms with Crippen molar-refractivity contribution in [1.29, 1.82) is 0 Å². The van der Waals surface area contributed by atoms with Crippen molar-refractivity contribution >= 4 is 11.6 Å². The zero-order chi connectivity index (χ0) is 14.8. The van der Waals surface area contributed by atoms with Crippen LogP contribution in [-0.2, 0) is 11.0 Å². The lowest BCUT2D eigenvalue weighted by atomic mass is 9.83. The fourth-order valence-corrected chi connectivity index (χ4v) is 2.48. The summed E-state index contributed by atoms with van der Waals surface area (Å²) >= 11 is 0. The van der Waals surface area contributed by atoms with Gasteiger partial charge in [-0.1, -0.05) is 18.6 Å². The van der Waals surface area contributed by atoms with Crippen molar-refractivity contribution < 1.29 is 22.8 Å². The maximum absolute atomic E-state index is 12.6. The second-order valence-electron chi connectivity index (χ2n) is 5.11. The van der Waals surface area contributed by atoms with Crippen molar-refractivity contribution in [3.63, 3.8) is 0 Å². The molecule has 0 heterocycles. The van der Waals surface area contributed by atoms with Gasteiger partial charge in [0.15, 0.2) is 5.78 Å². The molecule has 5 heteroatoms. The maximum Gasteiger partial charge on any atom is 0.416 e. The van der Waals surface area contributed by atoms with Crippen molar-refractivity contribution in [2.24, 2.45) is 5.92 Å². The number of hydrogen-bond donors (Lipinski definition) is 0. The lowest BCUT2D eigenvalue weighted by molar-refractivity contribution is -0.137. The van der Waals surface area contributed by atoms with Crippen LogP contribution in [0.2, 0.25) is 0 Å². The van der Waals surface area contributed by atoms with E-state index < -0.39 is 17.5 Å². The van der Waals surface area contributed by atoms with Crippen molar-refractivity contribution in [3.8, 4) is 0 Å². The molecule has 108 valence electrons. The zero-order valence-corrected chi connectivity index (χ0v) is 10.9. The van der Waals surface area contributed by atoms with Gasteiger partial charge in [-0.05, 0) is 25.0 Å². The summed E-state index contributed by atoms with van der Waals surface area (Å²) in [5, 5.41) is 0. The molecule has 0 radical (unpaired) electrons. The van der Waals surface area contributed by atoms with Gasteiger partial charge in [0.25, 0.3) is 0 Å². The van der Waals surface area contributed by atoms with Crippen LogP contribution in [0.1, 0.15) is 48.0 Å². The number of alkyl halides is 3. The molecule has 2 nitrogen and oxygen atoms in total. The van der Waals surface area contributed by atoms with Crippen LogP contribution in [0.15, 0.2) is 24.3 Å². The largest absolute Gasteiger partial charge is 0.416 e. The summed E-state index contributed by atoms with van der Waals surface area (Å²) < 4.78 is 37.8. The Morgan fingerprint density at radius 3 is 2.65 bits per heavy atom. The van der Waals surface area contributed by atoms with Gasteiger partial charge in [-0.25, -0.2) is 0 Å². The zero-order valence-electron chi connectivity index (χ0n) is 10.9. The van der Waals surface area contributed by atoms with Crippen LogP contribution in [0.5, 0.6) is 0 Å². The van der Waals surface area contributed by atoms with E-state index >= 15 is 0 Å². The first-order chi connectivity index (χ1) is 9.38. The molecule has 0 bridgehead atoms. The third-order valence-corrected chi connectivity index (χ3v) is 3.62. The lowest BCUT2D eigenvalue weighted by Crippen LogP contribution is -2.22. The SMILES string of the molecule is O=C(C[C@@H]1CCCCC1=O)c1cccc(C(F)(F)F)c1. The third-order valence-electron chi connectivity index (χ3n) is 3.62. The molecule has 1 aliphatic rings. The molecule has 20 heavy (non-hydrogen) atoms. The number of rotatable bonds is 3. The summed E-state index contributed by atoms with van der Waals surface area (Å²) in [6.07, 6.45) is -1.58. The summed E-state index contributed by atoms with van der Waals surface area (Å²) in [4.78, 5) is 23.7. The highest BCUT2D eigenvalue weighted by atomic mass is 19.4. The summed E-state index contributed by atoms with van der Waals surface area (Å²) in [5.41, 5.74) is -0.809. The molecule has 1 aromatic rings. The predicted octanol–water partition coefficient (Wildman–Crippen LogP) is 4.04. The fraction of sp³-hybridized carbons (Fsp3) is 0.467. The van der Waals surface area contributed by atoms with E-state index in [9.17, 15) is 22.8 Å². The number of halogens is 3. The van der Waals surface area contributed by atoms with Gasteiger partial charge in [-0.15, -0.1) is 0 Å². The van der Waals surface area contributed by atoms with E-state index in [1.807, 2.05) is 0 Å². The van der Waals surface area contributed by atoms with Gasteiger partial charge in [0.1, 0.15) is 5.78 Å². The summed E-state index contributed by atoms with van der Waals surface area (Å²) in [6, 6.07) is 4.38. The van der Waals surface area contributed by atoms with Crippen LogP contribution in [0.3, 0.4) is 0 Å². The van der Waals surface area contributed by atoms with Crippen molar-refractivity contribution in [1.82, 2.24) is 0 Å². The van der Waals surface area contributed by atoms with Crippen molar-refractivity contribution in [2.45, 2.75) is 38.3 Å². The minimum atomic E-state index is -4.46. The number of carbonyl (C=O) groups excluding carboxylic acids is 2. The summed E-state index contributed by atoms with van der Waals surface area (Å²) in [5.74, 6) is -0.668. The molecule has 1 fully saturated rings. The summed E-state index contributed by atoms with van der Waals surface area (Å²) in [6.45, 7) is 0. The average molecular weight is 284 g/mol. The standard InChI is InChI=1S/C15H15F3O2/c16-15(17,18)12-6-3-5-10(8-12)14(20)9-11-4-1-2-7-13(11)19/h3,5-6,8,11H,1-2,4,7,9H2/t11-/m0/s1. The highest BCUT2D eigenvalue weighted by molar-refractivity contribution is 5.99. The van der Waals surface area contributed by atoms with Crippen LogP contribution in [0, 0.1) is 5.92 Å². The molecule has 0 amide bonds. The lowest BCUT2D eigenvalue weighted by Gasteiger charge is -2.19. The van der Waals surface area contributed by atoms with Crippen molar-refractivity contribution in [3.05, 3.63) is 35.4 Å². The second kappa shape index (κ2) is 5.77. The topological polar surface area (TPSA) is 34.1 Å². The molecule has 0 N–H and O–H groups in total. The van der Waals surface area contributed by atoms with Gasteiger partial charge in [0.2, 0.25) is 0 Å². The first-order valence-electron chi connectivity index (χ1n) is 6.61. The molecule has 0 saturated heterocycles. The Bertz CT molecular complexity index is 520. The number of benzene rings is 1. The summed E-state index contributed by atoms with van der Waals surface area (Å²) in [7, 11) is 0. The minimum absolute atomic E-state index is 0.0140. The van der Waals surface area contributed by atoms with Gasteiger partial charge in [0.05, 0.1) is 5.56 Å². The molecule has 1 aromatic carbocycles. The monoisotopic (exact) mass is 284 g/mol. The molecular weight excluding hydrogens is 269 g/mol. The predicted molar refractivity (Wildman–Crippen MR) is 67.4 cm³/mol. The molecule has 2 rings (SSSR count). The van der Waals surface area contributed by atoms with E-state index in [-0.39, 0.29) is 23.7 Å². The molecule has 1 saturated carbocycles. The van der Waals surface area contributed by atoms with Gasteiger partial charge in [-0.2, -0.15) is 13.2 Å². The van der Waals surface area contributed by atoms with E-state index in [0.717, 1.165) is 25.0 Å². The first kappa shape index (κ1) is 14.8. The van der Waals surface area contributed by atoms with Gasteiger partial charge in [-0.3, -0.25) is 9.59 Å². The van der Waals surface area contributed by atoms with E-state index in [0.29, 0.717) is 12.8 Å². The molecule has 0 aromatic heterocycles. The Morgan fingerprint density at radius 1 is 1.25 bits per heavy atom. The van der Waals surface area contributed by atoms with Crippen molar-refractivity contribution in [2.75, 3.05) is 0 Å². The molecule has 0 spiro atoms. The number of ketones is 2. The normalized spacial score (nSPS) is 19.9. The molecule has 0 aliphatic heterocycles. The van der Waals surface area contributed by atoms with Crippen LogP contribution in [-0.4, -0.2) is 11.6 Å². The quantitative estimate of drug-likeness (QED) is 0.785. The molecule has 0 unspecified atom stereocenters. The first-order valence-corrected chi connectivity index (χ1v) is 6.61. The highest BCUT2D eigenvalue weighted by Crippen LogP contribution is 2.30. The van der Waals surface area contributed by atoms with E-state index in [1.54, 1.807) is 0 Å². The molecule has 1 atom stereocenters. The van der Waals surface area contributed by atoms with Gasteiger partial charge in [0, 0.05) is 24.3 Å². The molecular formula is C15H15F3O2. The number of Topliss-reactive ketones (excluding diaryl/α,β-unsaturated/α-hetero) is 2. The maximum atomic E-state index is 12.6. The highest BCUT2D eigenvalue weighted by Gasteiger charge is 2.31. The number of carbonyl (C=O) groups is 2. The van der Waals surface area contributed by atoms with Crippen LogP contribution in [0.4, 0.5) is 13.2 Å². The van der Waals surface area contributed by atoms with Crippen LogP contribution >= 0.6 is 0 Å². The van der Waals surface area contributed by atoms with E-state index in [1.165, 1.54) is 12.1 Å². The minimum Gasteiger partial charge on any atom is -0.299 e. The van der Waals surface area contributed by atoms with Gasteiger partial charge >= 0.3 is 6.18 Å². The van der Waals surface area contributed by atoms with Crippen LogP contribution < -0.4 is 0 Å². The smallest absolute Gasteiger partial charge is 0.299 e. The van der Waals surface area contributed by atoms with Crippen LogP contribution in [0.25, 0.3) is 0 Å². The third kappa shape index (κ3) is 3.46. The average Bonchev–Trinajstić information content (AvgIpc) is 2.40. The van der Waals surface area contributed by atoms with E-state index in [2.05, 4.69) is 0 Å². The van der Waals surface area contributed by atoms with E-state index in [4.69, 9.17) is 0 Å². The Balaban J connectivity index is 2.11. The Hall–Kier alpha value is -1.65. The Morgan fingerprint density at radius 2 is 2.00 bits per heavy atom. The fourth-order valence-electron chi connectivity index (χ4n) is 2.48. The Kier molecular flexibility index (Phi) is 4.26. The number of hydrogen-bond acceptors (Lipinski definition) is 2. The second-order valence-corrected chi connectivity index (χ2v) is 5.11. The molecule has 1 aliphatic carbocycles.